The van der Waals surface area contributed by atoms with Crippen LogP contribution in [-0.4, -0.2) is 42.1 Å². The molecule has 0 bridgehead atoms. The fourth-order valence-corrected chi connectivity index (χ4v) is 7.45. The predicted molar refractivity (Wildman–Crippen MR) is 111 cm³/mol. The van der Waals surface area contributed by atoms with E-state index >= 15 is 0 Å². The maximum atomic E-state index is 13.3. The Balaban J connectivity index is 1.57. The van der Waals surface area contributed by atoms with E-state index in [1.54, 1.807) is 4.31 Å². The number of nitrogens with one attached hydrogen (secondary N) is 1. The molecular weight excluding hydrogens is 392 g/mol. The van der Waals surface area contributed by atoms with Crippen LogP contribution in [0.4, 0.5) is 0 Å². The van der Waals surface area contributed by atoms with E-state index in [0.29, 0.717) is 35.6 Å². The van der Waals surface area contributed by atoms with Crippen LogP contribution in [0.1, 0.15) is 54.9 Å². The summed E-state index contributed by atoms with van der Waals surface area (Å²) >= 11 is 1.82. The molecule has 2 fully saturated rings. The molecule has 0 spiro atoms. The molecule has 1 unspecified atom stereocenters. The zero-order chi connectivity index (χ0) is 19.9. The number of thiophene rings is 1. The minimum atomic E-state index is -3.47. The highest BCUT2D eigenvalue weighted by atomic mass is 32.2. The SMILES string of the molecule is Cc1nn(C[NH+]2CCC[C@H]2c2cccs2)c(C)c1S(=O)(=O)N1CCC(C)CC1. The van der Waals surface area contributed by atoms with Crippen molar-refractivity contribution in [2.75, 3.05) is 19.6 Å². The smallest absolute Gasteiger partial charge is 0.246 e. The number of piperidine rings is 1. The lowest BCUT2D eigenvalue weighted by atomic mass is 10.0. The lowest BCUT2D eigenvalue weighted by molar-refractivity contribution is -0.941. The molecular formula is C20H31N4O2S2+. The molecule has 0 aromatic carbocycles. The fraction of sp³-hybridized carbons (Fsp3) is 0.650. The van der Waals surface area contributed by atoms with Crippen molar-refractivity contribution in [1.29, 1.82) is 0 Å². The molecule has 0 amide bonds. The van der Waals surface area contributed by atoms with Gasteiger partial charge in [0.25, 0.3) is 0 Å². The van der Waals surface area contributed by atoms with Gasteiger partial charge in [-0.15, -0.1) is 11.3 Å². The normalized spacial score (nSPS) is 24.8. The van der Waals surface area contributed by atoms with E-state index < -0.39 is 10.0 Å². The van der Waals surface area contributed by atoms with E-state index in [4.69, 9.17) is 0 Å². The third-order valence-electron chi connectivity index (χ3n) is 6.38. The fourth-order valence-electron chi connectivity index (χ4n) is 4.69. The molecule has 2 aromatic rings. The van der Waals surface area contributed by atoms with Crippen molar-refractivity contribution in [1.82, 2.24) is 14.1 Å². The first-order valence-corrected chi connectivity index (χ1v) is 12.6. The number of aryl methyl sites for hydroxylation is 1. The average Bonchev–Trinajstić information content (AvgIpc) is 3.37. The Morgan fingerprint density at radius 1 is 1.25 bits per heavy atom. The highest BCUT2D eigenvalue weighted by molar-refractivity contribution is 7.89. The molecule has 2 aromatic heterocycles. The second-order valence-corrected chi connectivity index (χ2v) is 11.2. The van der Waals surface area contributed by atoms with Gasteiger partial charge in [0.15, 0.2) is 6.67 Å². The Labute approximate surface area is 172 Å². The molecule has 2 aliphatic rings. The van der Waals surface area contributed by atoms with Crippen LogP contribution < -0.4 is 4.90 Å². The molecule has 0 radical (unpaired) electrons. The topological polar surface area (TPSA) is 59.6 Å². The van der Waals surface area contributed by atoms with E-state index in [1.807, 2.05) is 29.9 Å². The van der Waals surface area contributed by atoms with Crippen LogP contribution in [0.3, 0.4) is 0 Å². The second-order valence-electron chi connectivity index (χ2n) is 8.36. The molecule has 1 N–H and O–H groups in total. The Morgan fingerprint density at radius 3 is 2.68 bits per heavy atom. The van der Waals surface area contributed by atoms with Crippen LogP contribution in [0.15, 0.2) is 22.4 Å². The van der Waals surface area contributed by atoms with Crippen LogP contribution in [0.2, 0.25) is 0 Å². The third kappa shape index (κ3) is 3.67. The molecule has 0 aliphatic carbocycles. The van der Waals surface area contributed by atoms with Crippen molar-refractivity contribution in [2.24, 2.45) is 5.92 Å². The Kier molecular flexibility index (Phi) is 5.66. The summed E-state index contributed by atoms with van der Waals surface area (Å²) in [5, 5.41) is 6.80. The van der Waals surface area contributed by atoms with Crippen molar-refractivity contribution >= 4 is 21.4 Å². The van der Waals surface area contributed by atoms with Crippen molar-refractivity contribution in [3.8, 4) is 0 Å². The summed E-state index contributed by atoms with van der Waals surface area (Å²) in [5.41, 5.74) is 1.41. The van der Waals surface area contributed by atoms with E-state index in [0.717, 1.165) is 31.7 Å². The van der Waals surface area contributed by atoms with Crippen LogP contribution in [0.25, 0.3) is 0 Å². The number of hydrogen-bond acceptors (Lipinski definition) is 4. The van der Waals surface area contributed by atoms with Crippen molar-refractivity contribution in [3.63, 3.8) is 0 Å². The summed E-state index contributed by atoms with van der Waals surface area (Å²) in [6.45, 7) is 9.00. The standard InChI is InChI=1S/C20H30N4O2S2/c1-15-8-11-23(12-9-15)28(25,26)20-16(2)21-24(17(20)3)14-22-10-4-6-18(22)19-7-5-13-27-19/h5,7,13,15,18H,4,6,8-12,14H2,1-3H3/p+1/t18-/m0/s1. The van der Waals surface area contributed by atoms with Gasteiger partial charge < -0.3 is 4.90 Å². The van der Waals surface area contributed by atoms with Crippen LogP contribution in [-0.2, 0) is 16.7 Å². The van der Waals surface area contributed by atoms with Gasteiger partial charge in [0, 0.05) is 25.9 Å². The highest BCUT2D eigenvalue weighted by Crippen LogP contribution is 2.28. The molecule has 28 heavy (non-hydrogen) atoms. The second kappa shape index (κ2) is 7.89. The maximum absolute atomic E-state index is 13.3. The molecule has 8 heteroatoms. The van der Waals surface area contributed by atoms with Gasteiger partial charge in [-0.3, -0.25) is 0 Å². The van der Waals surface area contributed by atoms with E-state index in [1.165, 1.54) is 22.6 Å². The van der Waals surface area contributed by atoms with Gasteiger partial charge in [-0.1, -0.05) is 13.0 Å². The van der Waals surface area contributed by atoms with E-state index in [2.05, 4.69) is 29.5 Å². The van der Waals surface area contributed by atoms with Crippen LogP contribution >= 0.6 is 11.3 Å². The number of nitrogens with zero attached hydrogens (tertiary/aromatic N) is 3. The molecule has 154 valence electrons. The minimum Gasteiger partial charge on any atom is -0.310 e. The first-order valence-electron chi connectivity index (χ1n) is 10.3. The maximum Gasteiger partial charge on any atom is 0.246 e. The van der Waals surface area contributed by atoms with Gasteiger partial charge in [-0.2, -0.15) is 9.40 Å². The summed E-state index contributed by atoms with van der Waals surface area (Å²) < 4.78 is 30.2. The van der Waals surface area contributed by atoms with Gasteiger partial charge in [0.2, 0.25) is 10.0 Å². The van der Waals surface area contributed by atoms with Gasteiger partial charge in [0.05, 0.1) is 22.8 Å². The lowest BCUT2D eigenvalue weighted by Crippen LogP contribution is -3.09. The van der Waals surface area contributed by atoms with E-state index in [-0.39, 0.29) is 0 Å². The minimum absolute atomic E-state index is 0.424. The molecule has 2 saturated heterocycles. The molecule has 0 saturated carbocycles. The quantitative estimate of drug-likeness (QED) is 0.803. The van der Waals surface area contributed by atoms with Gasteiger partial charge >= 0.3 is 0 Å². The van der Waals surface area contributed by atoms with Gasteiger partial charge in [-0.25, -0.2) is 13.1 Å². The average molecular weight is 424 g/mol. The Morgan fingerprint density at radius 2 is 2.00 bits per heavy atom. The largest absolute Gasteiger partial charge is 0.310 e. The van der Waals surface area contributed by atoms with Crippen molar-refractivity contribution < 1.29 is 13.3 Å². The number of aromatic nitrogens is 2. The first kappa shape index (κ1) is 20.1. The number of hydrogen-bond donors (Lipinski definition) is 1. The highest BCUT2D eigenvalue weighted by Gasteiger charge is 2.35. The van der Waals surface area contributed by atoms with Gasteiger partial charge in [0.1, 0.15) is 10.9 Å². The molecule has 2 aliphatic heterocycles. The number of likely N-dealkylation sites (tertiary alicyclic amines) is 1. The third-order valence-corrected chi connectivity index (χ3v) is 9.52. The Bertz CT molecular complexity index is 912. The molecule has 4 heterocycles. The van der Waals surface area contributed by atoms with Crippen molar-refractivity contribution in [3.05, 3.63) is 33.8 Å². The molecule has 6 nitrogen and oxygen atoms in total. The lowest BCUT2D eigenvalue weighted by Gasteiger charge is -2.29. The summed E-state index contributed by atoms with van der Waals surface area (Å²) in [4.78, 5) is 3.32. The zero-order valence-electron chi connectivity index (χ0n) is 17.0. The zero-order valence-corrected chi connectivity index (χ0v) is 18.7. The monoisotopic (exact) mass is 423 g/mol. The molecule has 4 rings (SSSR count). The number of quaternary nitrogens is 1. The van der Waals surface area contributed by atoms with Crippen molar-refractivity contribution in [2.45, 2.75) is 64.1 Å². The number of sulfonamides is 1. The van der Waals surface area contributed by atoms with Gasteiger partial charge in [-0.05, 0) is 44.1 Å². The summed E-state index contributed by atoms with van der Waals surface area (Å²) in [6, 6.07) is 4.82. The number of rotatable bonds is 5. The summed E-state index contributed by atoms with van der Waals surface area (Å²) in [7, 11) is -3.47. The summed E-state index contributed by atoms with van der Waals surface area (Å²) in [6.07, 6.45) is 4.26. The van der Waals surface area contributed by atoms with Crippen LogP contribution in [0.5, 0.6) is 0 Å². The van der Waals surface area contributed by atoms with Crippen LogP contribution in [0, 0.1) is 19.8 Å². The predicted octanol–water partition coefficient (Wildman–Crippen LogP) is 2.36. The Hall–Kier alpha value is -1.22. The van der Waals surface area contributed by atoms with E-state index in [9.17, 15) is 8.42 Å². The molecule has 2 atom stereocenters. The summed E-state index contributed by atoms with van der Waals surface area (Å²) in [5.74, 6) is 0.601. The first-order chi connectivity index (χ1) is 13.4.